The molecule has 1 aliphatic heterocycles. The summed E-state index contributed by atoms with van der Waals surface area (Å²) in [6, 6.07) is 3.14. The Hall–Kier alpha value is -0.120. The highest BCUT2D eigenvalue weighted by Gasteiger charge is 2.35. The molecule has 3 rings (SSSR count). The molecular weight excluding hydrogens is 234 g/mol. The van der Waals surface area contributed by atoms with E-state index in [0.717, 1.165) is 24.0 Å². The average molecular weight is 265 g/mol. The van der Waals surface area contributed by atoms with Crippen LogP contribution in [0.3, 0.4) is 0 Å². The molecule has 0 aromatic rings. The van der Waals surface area contributed by atoms with Crippen molar-refractivity contribution in [1.29, 1.82) is 0 Å². The van der Waals surface area contributed by atoms with Crippen LogP contribution in [-0.4, -0.2) is 49.2 Å². The van der Waals surface area contributed by atoms with Gasteiger partial charge in [0.2, 0.25) is 0 Å². The number of hydrogen-bond donors (Lipinski definition) is 2. The minimum Gasteiger partial charge on any atom is -0.314 e. The van der Waals surface area contributed by atoms with Gasteiger partial charge in [0.15, 0.2) is 0 Å². The highest BCUT2D eigenvalue weighted by atomic mass is 15.2. The Morgan fingerprint density at radius 2 is 2.00 bits per heavy atom. The third-order valence-corrected chi connectivity index (χ3v) is 5.68. The summed E-state index contributed by atoms with van der Waals surface area (Å²) in [5, 5.41) is 7.61. The minimum atomic E-state index is 0.685. The minimum absolute atomic E-state index is 0.685. The molecule has 110 valence electrons. The van der Waals surface area contributed by atoms with E-state index in [4.69, 9.17) is 0 Å². The topological polar surface area (TPSA) is 27.3 Å². The second kappa shape index (κ2) is 6.11. The molecular formula is C16H31N3. The van der Waals surface area contributed by atoms with Crippen LogP contribution in [0.2, 0.25) is 0 Å². The van der Waals surface area contributed by atoms with Crippen molar-refractivity contribution in [3.05, 3.63) is 0 Å². The fraction of sp³-hybridized carbons (Fsp3) is 1.00. The molecule has 3 fully saturated rings. The van der Waals surface area contributed by atoms with E-state index < -0.39 is 0 Å². The van der Waals surface area contributed by atoms with E-state index in [-0.39, 0.29) is 0 Å². The van der Waals surface area contributed by atoms with Crippen molar-refractivity contribution in [1.82, 2.24) is 15.5 Å². The maximum Gasteiger partial charge on any atom is 0.0192 e. The first-order valence-electron chi connectivity index (χ1n) is 8.44. The van der Waals surface area contributed by atoms with Gasteiger partial charge in [-0.1, -0.05) is 6.42 Å². The van der Waals surface area contributed by atoms with E-state index in [1.807, 2.05) is 0 Å². The van der Waals surface area contributed by atoms with E-state index in [0.29, 0.717) is 6.04 Å². The Morgan fingerprint density at radius 1 is 1.16 bits per heavy atom. The number of rotatable bonds is 6. The average Bonchev–Trinajstić information content (AvgIpc) is 2.93. The summed E-state index contributed by atoms with van der Waals surface area (Å²) in [7, 11) is 2.30. The van der Waals surface area contributed by atoms with Crippen molar-refractivity contribution in [3.63, 3.8) is 0 Å². The van der Waals surface area contributed by atoms with Gasteiger partial charge in [-0.05, 0) is 65.0 Å². The van der Waals surface area contributed by atoms with Gasteiger partial charge in [0.05, 0.1) is 0 Å². The predicted octanol–water partition coefficient (Wildman–Crippen LogP) is 1.98. The van der Waals surface area contributed by atoms with Crippen molar-refractivity contribution in [2.75, 3.05) is 20.1 Å². The fourth-order valence-electron chi connectivity index (χ4n) is 4.11. The standard InChI is InChI=1S/C16H31N3/c1-12(19(2)13-8-9-13)11-18-16-6-3-5-14(16)15-7-4-10-17-15/h12-18H,3-11H2,1-2H3. The third kappa shape index (κ3) is 3.32. The van der Waals surface area contributed by atoms with Gasteiger partial charge in [-0.2, -0.15) is 0 Å². The predicted molar refractivity (Wildman–Crippen MR) is 80.4 cm³/mol. The Kier molecular flexibility index (Phi) is 4.45. The monoisotopic (exact) mass is 265 g/mol. The van der Waals surface area contributed by atoms with E-state index in [2.05, 4.69) is 29.5 Å². The lowest BCUT2D eigenvalue weighted by atomic mass is 9.93. The zero-order valence-corrected chi connectivity index (χ0v) is 12.7. The molecule has 2 aliphatic carbocycles. The first-order valence-corrected chi connectivity index (χ1v) is 8.44. The molecule has 0 aromatic carbocycles. The molecule has 4 atom stereocenters. The zero-order chi connectivity index (χ0) is 13.2. The second-order valence-corrected chi connectivity index (χ2v) is 7.06. The summed E-state index contributed by atoms with van der Waals surface area (Å²) >= 11 is 0. The second-order valence-electron chi connectivity index (χ2n) is 7.06. The zero-order valence-electron chi connectivity index (χ0n) is 12.7. The van der Waals surface area contributed by atoms with Gasteiger partial charge in [0.25, 0.3) is 0 Å². The number of hydrogen-bond acceptors (Lipinski definition) is 3. The fourth-order valence-corrected chi connectivity index (χ4v) is 4.11. The molecule has 19 heavy (non-hydrogen) atoms. The lowest BCUT2D eigenvalue weighted by molar-refractivity contribution is 0.224. The molecule has 0 aromatic heterocycles. The Labute approximate surface area is 118 Å². The van der Waals surface area contributed by atoms with Crippen LogP contribution < -0.4 is 10.6 Å². The van der Waals surface area contributed by atoms with Gasteiger partial charge < -0.3 is 10.6 Å². The van der Waals surface area contributed by atoms with Crippen molar-refractivity contribution in [2.45, 2.75) is 76.0 Å². The maximum absolute atomic E-state index is 3.89. The highest BCUT2D eigenvalue weighted by Crippen LogP contribution is 2.32. The molecule has 0 amide bonds. The molecule has 1 heterocycles. The lowest BCUT2D eigenvalue weighted by Gasteiger charge is -2.30. The molecule has 1 saturated heterocycles. The van der Waals surface area contributed by atoms with Crippen LogP contribution in [0.4, 0.5) is 0 Å². The quantitative estimate of drug-likeness (QED) is 0.769. The molecule has 2 saturated carbocycles. The van der Waals surface area contributed by atoms with Gasteiger partial charge >= 0.3 is 0 Å². The first kappa shape index (κ1) is 13.8. The first-order chi connectivity index (χ1) is 9.25. The molecule has 4 unspecified atom stereocenters. The van der Waals surface area contributed by atoms with Gasteiger partial charge in [-0.3, -0.25) is 4.90 Å². The van der Waals surface area contributed by atoms with E-state index in [9.17, 15) is 0 Å². The number of nitrogens with one attached hydrogen (secondary N) is 2. The van der Waals surface area contributed by atoms with Gasteiger partial charge in [-0.25, -0.2) is 0 Å². The summed E-state index contributed by atoms with van der Waals surface area (Å²) in [5.41, 5.74) is 0. The number of likely N-dealkylation sites (N-methyl/N-ethyl adjacent to an activating group) is 1. The van der Waals surface area contributed by atoms with Crippen LogP contribution >= 0.6 is 0 Å². The smallest absolute Gasteiger partial charge is 0.0192 e. The Balaban J connectivity index is 1.45. The van der Waals surface area contributed by atoms with Crippen molar-refractivity contribution in [2.24, 2.45) is 5.92 Å². The molecule has 2 N–H and O–H groups in total. The van der Waals surface area contributed by atoms with E-state index >= 15 is 0 Å². The van der Waals surface area contributed by atoms with Gasteiger partial charge in [-0.15, -0.1) is 0 Å². The van der Waals surface area contributed by atoms with Crippen molar-refractivity contribution in [3.8, 4) is 0 Å². The van der Waals surface area contributed by atoms with Crippen LogP contribution in [0.25, 0.3) is 0 Å². The van der Waals surface area contributed by atoms with Crippen molar-refractivity contribution < 1.29 is 0 Å². The summed E-state index contributed by atoms with van der Waals surface area (Å²) < 4.78 is 0. The largest absolute Gasteiger partial charge is 0.314 e. The van der Waals surface area contributed by atoms with Crippen LogP contribution in [0.5, 0.6) is 0 Å². The number of nitrogens with zero attached hydrogens (tertiary/aromatic N) is 1. The third-order valence-electron chi connectivity index (χ3n) is 5.68. The van der Waals surface area contributed by atoms with Crippen LogP contribution in [0.1, 0.15) is 51.9 Å². The van der Waals surface area contributed by atoms with Gasteiger partial charge in [0, 0.05) is 30.7 Å². The van der Waals surface area contributed by atoms with Crippen LogP contribution in [0.15, 0.2) is 0 Å². The van der Waals surface area contributed by atoms with Crippen LogP contribution in [0, 0.1) is 5.92 Å². The van der Waals surface area contributed by atoms with E-state index in [1.165, 1.54) is 58.0 Å². The van der Waals surface area contributed by atoms with E-state index in [1.54, 1.807) is 0 Å². The summed E-state index contributed by atoms with van der Waals surface area (Å²) in [5.74, 6) is 0.890. The summed E-state index contributed by atoms with van der Waals surface area (Å²) in [6.07, 6.45) is 9.87. The SMILES string of the molecule is CC(CNC1CCCC1C1CCCN1)N(C)C1CC1. The summed E-state index contributed by atoms with van der Waals surface area (Å²) in [4.78, 5) is 2.57. The Morgan fingerprint density at radius 3 is 2.68 bits per heavy atom. The van der Waals surface area contributed by atoms with Gasteiger partial charge in [0.1, 0.15) is 0 Å². The van der Waals surface area contributed by atoms with Crippen molar-refractivity contribution >= 4 is 0 Å². The molecule has 0 spiro atoms. The Bertz CT molecular complexity index is 284. The molecule has 0 radical (unpaired) electrons. The molecule has 3 aliphatic rings. The maximum atomic E-state index is 3.89. The molecule has 3 nitrogen and oxygen atoms in total. The molecule has 3 heteroatoms. The lowest BCUT2D eigenvalue weighted by Crippen LogP contribution is -2.47. The summed E-state index contributed by atoms with van der Waals surface area (Å²) in [6.45, 7) is 4.79. The highest BCUT2D eigenvalue weighted by molar-refractivity contribution is 4.94. The van der Waals surface area contributed by atoms with Crippen LogP contribution in [-0.2, 0) is 0 Å². The normalized spacial score (nSPS) is 37.1. The molecule has 0 bridgehead atoms.